The number of non-ortho nitro benzene ring substituents is 1. The molecule has 0 aliphatic carbocycles. The molecule has 0 unspecified atom stereocenters. The van der Waals surface area contributed by atoms with E-state index in [1.54, 1.807) is 6.07 Å². The van der Waals surface area contributed by atoms with Crippen LogP contribution in [-0.4, -0.2) is 36.6 Å². The maximum Gasteiger partial charge on any atom is 0.344 e. The highest BCUT2D eigenvalue weighted by Crippen LogP contribution is 2.29. The van der Waals surface area contributed by atoms with E-state index >= 15 is 0 Å². The fourth-order valence-electron chi connectivity index (χ4n) is 2.42. The number of aryl methyl sites for hydroxylation is 2. The molecule has 0 spiro atoms. The smallest absolute Gasteiger partial charge is 0.344 e. The van der Waals surface area contributed by atoms with Crippen LogP contribution in [0.5, 0.6) is 11.5 Å². The molecule has 0 bridgehead atoms. The number of carbonyl (C=O) groups excluding carboxylic acids is 2. The number of benzene rings is 2. The first-order valence-corrected chi connectivity index (χ1v) is 8.74. The predicted molar refractivity (Wildman–Crippen MR) is 105 cm³/mol. The average molecular weight is 402 g/mol. The van der Waals surface area contributed by atoms with Crippen LogP contribution in [0.4, 0.5) is 11.4 Å². The van der Waals surface area contributed by atoms with Gasteiger partial charge in [-0.15, -0.1) is 0 Å². The van der Waals surface area contributed by atoms with Gasteiger partial charge in [0.15, 0.2) is 12.7 Å². The van der Waals surface area contributed by atoms with Crippen LogP contribution in [0.1, 0.15) is 18.1 Å². The van der Waals surface area contributed by atoms with E-state index in [2.05, 4.69) is 5.32 Å². The van der Waals surface area contributed by atoms with Crippen LogP contribution in [-0.2, 0) is 14.3 Å². The average Bonchev–Trinajstić information content (AvgIpc) is 2.68. The van der Waals surface area contributed by atoms with Gasteiger partial charge >= 0.3 is 5.97 Å². The molecule has 0 aliphatic heterocycles. The van der Waals surface area contributed by atoms with Crippen molar-refractivity contribution in [2.45, 2.75) is 26.9 Å². The molecule has 29 heavy (non-hydrogen) atoms. The molecule has 1 N–H and O–H groups in total. The summed E-state index contributed by atoms with van der Waals surface area (Å²) in [5, 5.41) is 13.3. The Bertz CT molecular complexity index is 927. The minimum atomic E-state index is -1.11. The van der Waals surface area contributed by atoms with Gasteiger partial charge in [0.25, 0.3) is 11.6 Å². The maximum atomic E-state index is 12.3. The number of hydrogen-bond donors (Lipinski definition) is 1. The molecule has 1 atom stereocenters. The van der Waals surface area contributed by atoms with Crippen molar-refractivity contribution < 1.29 is 28.7 Å². The number of nitro benzene ring substituents is 1. The topological polar surface area (TPSA) is 117 Å². The number of methoxy groups -OCH3 is 1. The monoisotopic (exact) mass is 402 g/mol. The number of nitrogens with one attached hydrogen (secondary N) is 1. The second kappa shape index (κ2) is 9.54. The summed E-state index contributed by atoms with van der Waals surface area (Å²) in [6.07, 6.45) is -1.11. The van der Waals surface area contributed by atoms with Gasteiger partial charge in [0.05, 0.1) is 23.8 Å². The molecule has 0 aromatic heterocycles. The zero-order valence-electron chi connectivity index (χ0n) is 16.6. The summed E-state index contributed by atoms with van der Waals surface area (Å²) < 4.78 is 15.6. The number of esters is 1. The molecular weight excluding hydrogens is 380 g/mol. The van der Waals surface area contributed by atoms with Gasteiger partial charge in [-0.3, -0.25) is 14.9 Å². The molecule has 154 valence electrons. The number of rotatable bonds is 8. The lowest BCUT2D eigenvalue weighted by atomic mass is 10.1. The Labute approximate surface area is 167 Å². The van der Waals surface area contributed by atoms with Gasteiger partial charge in [-0.05, 0) is 44.0 Å². The SMILES string of the molecule is COc1cc([N+](=O)[O-])ccc1NC(=O)[C@@H](C)OC(=O)COc1cc(C)ccc1C. The van der Waals surface area contributed by atoms with Crippen LogP contribution < -0.4 is 14.8 Å². The Balaban J connectivity index is 1.94. The van der Waals surface area contributed by atoms with Crippen LogP contribution in [0.25, 0.3) is 0 Å². The molecule has 2 aromatic rings. The third-order valence-electron chi connectivity index (χ3n) is 4.02. The van der Waals surface area contributed by atoms with E-state index in [0.717, 1.165) is 11.1 Å². The molecule has 0 heterocycles. The highest BCUT2D eigenvalue weighted by Gasteiger charge is 2.21. The van der Waals surface area contributed by atoms with Gasteiger partial charge in [0, 0.05) is 6.07 Å². The summed E-state index contributed by atoms with van der Waals surface area (Å²) in [4.78, 5) is 34.5. The number of nitro groups is 1. The molecule has 9 heteroatoms. The summed E-state index contributed by atoms with van der Waals surface area (Å²) in [7, 11) is 1.32. The van der Waals surface area contributed by atoms with Gasteiger partial charge < -0.3 is 19.5 Å². The van der Waals surface area contributed by atoms with E-state index in [1.165, 1.54) is 32.2 Å². The van der Waals surface area contributed by atoms with E-state index in [9.17, 15) is 19.7 Å². The number of nitrogens with zero attached hydrogens (tertiary/aromatic N) is 1. The van der Waals surface area contributed by atoms with Gasteiger partial charge in [-0.1, -0.05) is 12.1 Å². The van der Waals surface area contributed by atoms with Crippen LogP contribution >= 0.6 is 0 Å². The van der Waals surface area contributed by atoms with Crippen molar-refractivity contribution in [2.24, 2.45) is 0 Å². The Morgan fingerprint density at radius 1 is 1.14 bits per heavy atom. The normalized spacial score (nSPS) is 11.3. The van der Waals surface area contributed by atoms with E-state index in [-0.39, 0.29) is 23.7 Å². The van der Waals surface area contributed by atoms with Crippen molar-refractivity contribution in [1.82, 2.24) is 0 Å². The highest BCUT2D eigenvalue weighted by atomic mass is 16.6. The standard InChI is InChI=1S/C20H22N2O7/c1-12-5-6-13(2)17(9-12)28-11-19(23)29-14(3)20(24)21-16-8-7-15(22(25)26)10-18(16)27-4/h5-10,14H,11H2,1-4H3,(H,21,24)/t14-/m1/s1. The van der Waals surface area contributed by atoms with Crippen molar-refractivity contribution in [3.63, 3.8) is 0 Å². The first kappa shape index (κ1) is 21.7. The van der Waals surface area contributed by atoms with Gasteiger partial charge in [-0.25, -0.2) is 4.79 Å². The van der Waals surface area contributed by atoms with Crippen molar-refractivity contribution >= 4 is 23.3 Å². The quantitative estimate of drug-likeness (QED) is 0.409. The number of hydrogen-bond acceptors (Lipinski definition) is 7. The minimum absolute atomic E-state index is 0.115. The van der Waals surface area contributed by atoms with E-state index in [4.69, 9.17) is 14.2 Å². The Morgan fingerprint density at radius 2 is 1.86 bits per heavy atom. The third-order valence-corrected chi connectivity index (χ3v) is 4.02. The lowest BCUT2D eigenvalue weighted by Crippen LogP contribution is -2.31. The second-order valence-corrected chi connectivity index (χ2v) is 6.32. The summed E-state index contributed by atoms with van der Waals surface area (Å²) in [5.41, 5.74) is 1.91. The van der Waals surface area contributed by atoms with Crippen LogP contribution in [0, 0.1) is 24.0 Å². The summed E-state index contributed by atoms with van der Waals surface area (Å²) >= 11 is 0. The van der Waals surface area contributed by atoms with Crippen LogP contribution in [0.3, 0.4) is 0 Å². The lowest BCUT2D eigenvalue weighted by molar-refractivity contribution is -0.384. The van der Waals surface area contributed by atoms with E-state index in [0.29, 0.717) is 5.75 Å². The highest BCUT2D eigenvalue weighted by molar-refractivity contribution is 5.96. The molecule has 0 radical (unpaired) electrons. The maximum absolute atomic E-state index is 12.3. The number of carbonyl (C=O) groups is 2. The summed E-state index contributed by atoms with van der Waals surface area (Å²) in [5.74, 6) is -0.638. The Hall–Kier alpha value is -3.62. The van der Waals surface area contributed by atoms with Crippen molar-refractivity contribution in [3.8, 4) is 11.5 Å². The number of amides is 1. The number of anilines is 1. The minimum Gasteiger partial charge on any atom is -0.494 e. The molecular formula is C20H22N2O7. The molecule has 0 saturated carbocycles. The molecule has 1 amide bonds. The van der Waals surface area contributed by atoms with E-state index < -0.39 is 22.9 Å². The van der Waals surface area contributed by atoms with Crippen LogP contribution in [0.2, 0.25) is 0 Å². The van der Waals surface area contributed by atoms with Gasteiger partial charge in [-0.2, -0.15) is 0 Å². The molecule has 0 fully saturated rings. The lowest BCUT2D eigenvalue weighted by Gasteiger charge is -2.15. The molecule has 2 aromatic carbocycles. The Kier molecular flexibility index (Phi) is 7.13. The number of ether oxygens (including phenoxy) is 3. The van der Waals surface area contributed by atoms with Crippen molar-refractivity contribution in [2.75, 3.05) is 19.0 Å². The Morgan fingerprint density at radius 3 is 2.52 bits per heavy atom. The van der Waals surface area contributed by atoms with Crippen molar-refractivity contribution in [3.05, 3.63) is 57.6 Å². The second-order valence-electron chi connectivity index (χ2n) is 6.32. The van der Waals surface area contributed by atoms with E-state index in [1.807, 2.05) is 26.0 Å². The first-order chi connectivity index (χ1) is 13.7. The zero-order valence-corrected chi connectivity index (χ0v) is 16.6. The van der Waals surface area contributed by atoms with Gasteiger partial charge in [0.2, 0.25) is 0 Å². The predicted octanol–water partition coefficient (Wildman–Crippen LogP) is 3.17. The summed E-state index contributed by atoms with van der Waals surface area (Å²) in [6, 6.07) is 9.37. The molecule has 9 nitrogen and oxygen atoms in total. The molecule has 0 saturated heterocycles. The fourth-order valence-corrected chi connectivity index (χ4v) is 2.42. The summed E-state index contributed by atoms with van der Waals surface area (Å²) in [6.45, 7) is 4.82. The molecule has 2 rings (SSSR count). The van der Waals surface area contributed by atoms with Crippen molar-refractivity contribution in [1.29, 1.82) is 0 Å². The van der Waals surface area contributed by atoms with Crippen LogP contribution in [0.15, 0.2) is 36.4 Å². The zero-order chi connectivity index (χ0) is 21.6. The fraction of sp³-hybridized carbons (Fsp3) is 0.300. The van der Waals surface area contributed by atoms with Gasteiger partial charge in [0.1, 0.15) is 11.5 Å². The largest absolute Gasteiger partial charge is 0.494 e. The molecule has 0 aliphatic rings. The third kappa shape index (κ3) is 5.93. The first-order valence-electron chi connectivity index (χ1n) is 8.74.